The van der Waals surface area contributed by atoms with Gasteiger partial charge >= 0.3 is 39.9 Å². The van der Waals surface area contributed by atoms with Crippen molar-refractivity contribution in [2.75, 3.05) is 0 Å². The summed E-state index contributed by atoms with van der Waals surface area (Å²) in [6.45, 7) is 0. The van der Waals surface area contributed by atoms with Gasteiger partial charge in [-0.2, -0.15) is 0 Å². The molecule has 1 aromatic carbocycles. The van der Waals surface area contributed by atoms with E-state index in [4.69, 9.17) is 0 Å². The zero-order chi connectivity index (χ0) is 9.90. The molecule has 0 aliphatic heterocycles. The van der Waals surface area contributed by atoms with Gasteiger partial charge in [-0.05, 0) is 12.1 Å². The molecule has 0 saturated carbocycles. The third-order valence-electron chi connectivity index (χ3n) is 1.13. The van der Waals surface area contributed by atoms with E-state index < -0.39 is 14.6 Å². The monoisotopic (exact) mass is 227 g/mol. The summed E-state index contributed by atoms with van der Waals surface area (Å²) in [4.78, 5) is 9.92. The maximum absolute atomic E-state index is 10.6. The fraction of sp³-hybridized carbons (Fsp3) is 0. The van der Waals surface area contributed by atoms with E-state index in [1.165, 1.54) is 24.3 Å². The van der Waals surface area contributed by atoms with E-state index in [2.05, 4.69) is 4.18 Å². The summed E-state index contributed by atoms with van der Waals surface area (Å²) in [6.07, 6.45) is 0. The average Bonchev–Trinajstić information content (AvgIpc) is 2.05. The Bertz CT molecular complexity index is 403. The molecule has 14 heavy (non-hydrogen) atoms. The summed E-state index contributed by atoms with van der Waals surface area (Å²) < 4.78 is 23.8. The van der Waals surface area contributed by atoms with E-state index in [-0.39, 0.29) is 35.3 Å². The molecule has 0 aliphatic rings. The van der Waals surface area contributed by atoms with Crippen molar-refractivity contribution in [3.63, 3.8) is 0 Å². The molecule has 0 unspecified atom stereocenters. The second kappa shape index (κ2) is 5.30. The Labute approximate surface area is 103 Å². The molecule has 0 aromatic heterocycles. The topological polar surface area (TPSA) is 86.5 Å². The summed E-state index contributed by atoms with van der Waals surface area (Å²) >= 11 is 0. The molecule has 8 heteroatoms. The van der Waals surface area contributed by atoms with E-state index in [0.29, 0.717) is 0 Å². The number of rotatable bonds is 3. The summed E-state index contributed by atoms with van der Waals surface area (Å²) in [5, 5.41) is 9.92. The van der Waals surface area contributed by atoms with Gasteiger partial charge in [0.1, 0.15) is 5.75 Å². The first kappa shape index (κ1) is 13.4. The van der Waals surface area contributed by atoms with Gasteiger partial charge in [-0.25, -0.2) is 10.1 Å². The predicted octanol–water partition coefficient (Wildman–Crippen LogP) is -0.0616. The number of nitrogens with zero attached hydrogens (tertiary/aromatic N) is 1. The molecule has 0 N–H and O–H groups in total. The fourth-order valence-corrected chi connectivity index (χ4v) is 1.04. The Morgan fingerprint density at radius 2 is 1.71 bits per heavy atom. The maximum atomic E-state index is 10.6. The normalized spacial score (nSPS) is 10.0. The third-order valence-corrected chi connectivity index (χ3v) is 1.90. The first-order chi connectivity index (χ1) is 6.02. The van der Waals surface area contributed by atoms with Crippen molar-refractivity contribution >= 4 is 39.9 Å². The minimum atomic E-state index is -4.73. The van der Waals surface area contributed by atoms with Crippen LogP contribution in [0, 0.1) is 10.1 Å². The third kappa shape index (κ3) is 3.62. The molecule has 0 spiro atoms. The van der Waals surface area contributed by atoms with Gasteiger partial charge < -0.3 is 4.18 Å². The van der Waals surface area contributed by atoms with Crippen molar-refractivity contribution < 1.29 is 16.9 Å². The van der Waals surface area contributed by atoms with Gasteiger partial charge in [0.15, 0.2) is 4.33 Å². The van der Waals surface area contributed by atoms with Crippen LogP contribution in [0.25, 0.3) is 0 Å². The molecule has 0 bridgehead atoms. The Kier molecular flexibility index (Phi) is 5.06. The molecule has 0 aliphatic carbocycles. The van der Waals surface area contributed by atoms with E-state index >= 15 is 0 Å². The molecular formula is C6H6NNaO5S. The molecule has 0 atom stereocenters. The van der Waals surface area contributed by atoms with Crippen LogP contribution in [0.2, 0.25) is 0 Å². The Hall–Kier alpha value is -0.630. The van der Waals surface area contributed by atoms with Crippen LogP contribution >= 0.6 is 0 Å². The quantitative estimate of drug-likeness (QED) is 0.410. The van der Waals surface area contributed by atoms with Gasteiger partial charge in [0, 0.05) is 0 Å². The second-order valence-electron chi connectivity index (χ2n) is 2.05. The van der Waals surface area contributed by atoms with Crippen LogP contribution in [0.1, 0.15) is 0 Å². The van der Waals surface area contributed by atoms with Gasteiger partial charge in [0.25, 0.3) is 0 Å². The van der Waals surface area contributed by atoms with Crippen molar-refractivity contribution in [2.24, 2.45) is 0 Å². The molecule has 1 aromatic rings. The molecule has 0 saturated heterocycles. The number of benzene rings is 1. The van der Waals surface area contributed by atoms with E-state index in [1.807, 2.05) is 0 Å². The van der Waals surface area contributed by atoms with Crippen molar-refractivity contribution in [3.05, 3.63) is 40.4 Å². The van der Waals surface area contributed by atoms with Crippen molar-refractivity contribution in [3.8, 4) is 5.75 Å². The van der Waals surface area contributed by atoms with Crippen LogP contribution in [0.15, 0.2) is 30.3 Å². The Morgan fingerprint density at radius 3 is 2.14 bits per heavy atom. The molecule has 0 heterocycles. The van der Waals surface area contributed by atoms with Crippen LogP contribution in [-0.4, -0.2) is 42.3 Å². The first-order valence-electron chi connectivity index (χ1n) is 3.16. The zero-order valence-electron chi connectivity index (χ0n) is 6.28. The first-order valence-corrected chi connectivity index (χ1v) is 4.53. The van der Waals surface area contributed by atoms with E-state index in [9.17, 15) is 18.5 Å². The van der Waals surface area contributed by atoms with E-state index in [1.54, 1.807) is 6.07 Å². The number of hydrogen-bond donors (Lipinski definition) is 0. The summed E-state index contributed by atoms with van der Waals surface area (Å²) in [5.74, 6) is -0.0841. The SMILES string of the molecule is O=[N+]([O-])S(=O)(=O)Oc1ccccc1.[NaH]. The Balaban J connectivity index is 0.00000169. The number of hydrogen-bond acceptors (Lipinski definition) is 5. The van der Waals surface area contributed by atoms with Gasteiger partial charge in [-0.1, -0.05) is 18.2 Å². The average molecular weight is 227 g/mol. The molecule has 1 rings (SSSR count). The minimum absolute atomic E-state index is 0. The van der Waals surface area contributed by atoms with Crippen LogP contribution < -0.4 is 4.18 Å². The fourth-order valence-electron chi connectivity index (χ4n) is 0.628. The van der Waals surface area contributed by atoms with Crippen LogP contribution in [0.3, 0.4) is 0 Å². The van der Waals surface area contributed by atoms with Crippen LogP contribution in [0.4, 0.5) is 0 Å². The Morgan fingerprint density at radius 1 is 1.21 bits per heavy atom. The van der Waals surface area contributed by atoms with Gasteiger partial charge in [0.2, 0.25) is 0 Å². The zero-order valence-corrected chi connectivity index (χ0v) is 7.10. The van der Waals surface area contributed by atoms with Crippen LogP contribution in [-0.2, 0) is 10.3 Å². The summed E-state index contributed by atoms with van der Waals surface area (Å²) in [7, 11) is -4.73. The molecule has 0 fully saturated rings. The van der Waals surface area contributed by atoms with E-state index in [0.717, 1.165) is 0 Å². The molecular weight excluding hydrogens is 221 g/mol. The van der Waals surface area contributed by atoms with Gasteiger partial charge in [0.05, 0.1) is 0 Å². The van der Waals surface area contributed by atoms with Crippen LogP contribution in [0.5, 0.6) is 5.75 Å². The standard InChI is InChI=1S/C6H5NO5S.Na.H/c8-7(9)13(10,11)12-6-4-2-1-3-5-6;;/h1-5H;;. The van der Waals surface area contributed by atoms with Crippen molar-refractivity contribution in [1.29, 1.82) is 0 Å². The predicted molar refractivity (Wildman–Crippen MR) is 50.1 cm³/mol. The molecule has 0 radical (unpaired) electrons. The number of nitro groups is 1. The molecule has 72 valence electrons. The summed E-state index contributed by atoms with van der Waals surface area (Å²) in [5.41, 5.74) is 0. The number of para-hydroxylation sites is 1. The molecule has 6 nitrogen and oxygen atoms in total. The summed E-state index contributed by atoms with van der Waals surface area (Å²) in [6, 6.07) is 7.25. The van der Waals surface area contributed by atoms with Gasteiger partial charge in [-0.15, -0.1) is 8.42 Å². The van der Waals surface area contributed by atoms with Crippen molar-refractivity contribution in [2.45, 2.75) is 0 Å². The second-order valence-corrected chi connectivity index (χ2v) is 3.37. The molecule has 0 amide bonds. The van der Waals surface area contributed by atoms with Crippen molar-refractivity contribution in [1.82, 2.24) is 0 Å². The van der Waals surface area contributed by atoms with Gasteiger partial charge in [-0.3, -0.25) is 0 Å².